The number of nitrogens with one attached hydrogen (secondary N) is 1. The molecule has 176 valence electrons. The molecule has 0 fully saturated rings. The fourth-order valence-corrected chi connectivity index (χ4v) is 4.26. The molecule has 0 radical (unpaired) electrons. The number of hydrogen-bond donors (Lipinski definition) is 2. The number of alkyl halides is 3. The van der Waals surface area contributed by atoms with Crippen molar-refractivity contribution in [2.45, 2.75) is 51.8 Å². The van der Waals surface area contributed by atoms with E-state index < -0.39 is 11.7 Å². The molecule has 0 spiro atoms. The Kier molecular flexibility index (Phi) is 8.46. The number of aryl methyl sites for hydroxylation is 2. The van der Waals surface area contributed by atoms with Crippen LogP contribution in [0.15, 0.2) is 48.5 Å². The zero-order valence-corrected chi connectivity index (χ0v) is 19.1. The largest absolute Gasteiger partial charge is 0.488 e. The van der Waals surface area contributed by atoms with Crippen molar-refractivity contribution in [2.75, 3.05) is 0 Å². The highest BCUT2D eigenvalue weighted by Crippen LogP contribution is 2.34. The van der Waals surface area contributed by atoms with Gasteiger partial charge in [-0.15, -0.1) is 11.3 Å². The van der Waals surface area contributed by atoms with E-state index >= 15 is 0 Å². The number of halogens is 3. The van der Waals surface area contributed by atoms with Gasteiger partial charge in [-0.3, -0.25) is 10.2 Å². The molecule has 1 heterocycles. The van der Waals surface area contributed by atoms with Crippen LogP contribution in [0.25, 0.3) is 10.6 Å². The van der Waals surface area contributed by atoms with Gasteiger partial charge in [0.25, 0.3) is 0 Å². The van der Waals surface area contributed by atoms with Crippen molar-refractivity contribution in [3.8, 4) is 16.3 Å². The van der Waals surface area contributed by atoms with Crippen LogP contribution in [0.3, 0.4) is 0 Å². The van der Waals surface area contributed by atoms with E-state index in [-0.39, 0.29) is 12.3 Å². The molecule has 0 bridgehead atoms. The Hall–Kier alpha value is -2.91. The first-order valence-electron chi connectivity index (χ1n) is 10.7. The second kappa shape index (κ2) is 11.3. The molecule has 0 aliphatic heterocycles. The van der Waals surface area contributed by atoms with Crippen LogP contribution in [-0.2, 0) is 30.4 Å². The molecule has 5 nitrogen and oxygen atoms in total. The Bertz CT molecular complexity index is 1070. The summed E-state index contributed by atoms with van der Waals surface area (Å²) in [4.78, 5) is 17.0. The summed E-state index contributed by atoms with van der Waals surface area (Å²) in [7, 11) is 0. The predicted molar refractivity (Wildman–Crippen MR) is 123 cm³/mol. The number of carbonyl (C=O) groups excluding carboxylic acids is 1. The smallest absolute Gasteiger partial charge is 0.416 e. The summed E-state index contributed by atoms with van der Waals surface area (Å²) in [5, 5.41) is 0.676. The third-order valence-corrected chi connectivity index (χ3v) is 6.19. The lowest BCUT2D eigenvalue weighted by Gasteiger charge is -2.08. The van der Waals surface area contributed by atoms with Gasteiger partial charge in [-0.2, -0.15) is 13.2 Å². The van der Waals surface area contributed by atoms with Crippen molar-refractivity contribution in [2.24, 2.45) is 5.84 Å². The second-order valence-corrected chi connectivity index (χ2v) is 8.65. The Labute approximate surface area is 194 Å². The highest BCUT2D eigenvalue weighted by molar-refractivity contribution is 7.15. The maximum absolute atomic E-state index is 12.9. The summed E-state index contributed by atoms with van der Waals surface area (Å²) >= 11 is 1.43. The molecule has 9 heteroatoms. The molecular weight excluding hydrogens is 451 g/mol. The van der Waals surface area contributed by atoms with Crippen molar-refractivity contribution in [1.82, 2.24) is 10.4 Å². The number of nitrogens with two attached hydrogens (primary N) is 1. The van der Waals surface area contributed by atoms with Crippen LogP contribution in [0.1, 0.15) is 47.9 Å². The summed E-state index contributed by atoms with van der Waals surface area (Å²) in [6.07, 6.45) is -0.795. The summed E-state index contributed by atoms with van der Waals surface area (Å²) < 4.78 is 44.6. The van der Waals surface area contributed by atoms with Crippen LogP contribution in [0.2, 0.25) is 0 Å². The zero-order valence-electron chi connectivity index (χ0n) is 18.2. The average Bonchev–Trinajstić information content (AvgIpc) is 3.22. The lowest BCUT2D eigenvalue weighted by molar-refractivity contribution is -0.137. The standard InChI is InChI=1S/C24H26F3N3O2S/c1-2-3-7-20-21(15-32-19-6-4-5-16(14-19)8-13-22(31)30-28)33-23(29-20)17-9-11-18(12-10-17)24(25,26)27/h4-6,9-12,14H,2-3,7-8,13,15,28H2,1H3,(H,30,31). The number of carbonyl (C=O) groups is 1. The van der Waals surface area contributed by atoms with E-state index in [0.29, 0.717) is 29.3 Å². The number of ether oxygens (including phenoxy) is 1. The molecule has 0 saturated carbocycles. The van der Waals surface area contributed by atoms with E-state index in [1.165, 1.54) is 23.5 Å². The SMILES string of the molecule is CCCCc1nc(-c2ccc(C(F)(F)F)cc2)sc1COc1cccc(CCC(=O)NN)c1. The van der Waals surface area contributed by atoms with Gasteiger partial charge in [-0.1, -0.05) is 37.6 Å². The number of amides is 1. The molecule has 3 N–H and O–H groups in total. The van der Waals surface area contributed by atoms with Gasteiger partial charge in [0, 0.05) is 12.0 Å². The minimum atomic E-state index is -4.37. The van der Waals surface area contributed by atoms with Crippen LogP contribution in [0.4, 0.5) is 13.2 Å². The highest BCUT2D eigenvalue weighted by atomic mass is 32.1. The molecule has 3 aromatic rings. The summed E-state index contributed by atoms with van der Waals surface area (Å²) in [6.45, 7) is 2.40. The summed E-state index contributed by atoms with van der Waals surface area (Å²) in [5.74, 6) is 5.56. The van der Waals surface area contributed by atoms with Gasteiger partial charge in [0.2, 0.25) is 5.91 Å². The van der Waals surface area contributed by atoms with E-state index in [0.717, 1.165) is 47.5 Å². The number of unbranched alkanes of at least 4 members (excludes halogenated alkanes) is 1. The first-order chi connectivity index (χ1) is 15.8. The number of aromatic nitrogens is 1. The van der Waals surface area contributed by atoms with Gasteiger partial charge in [0.1, 0.15) is 17.4 Å². The van der Waals surface area contributed by atoms with Crippen molar-refractivity contribution in [3.63, 3.8) is 0 Å². The number of thiazole rings is 1. The van der Waals surface area contributed by atoms with Crippen LogP contribution in [0, 0.1) is 0 Å². The van der Waals surface area contributed by atoms with Crippen molar-refractivity contribution >= 4 is 17.2 Å². The summed E-state index contributed by atoms with van der Waals surface area (Å²) in [5.41, 5.74) is 3.95. The van der Waals surface area contributed by atoms with E-state index in [1.807, 2.05) is 24.3 Å². The number of hydrazine groups is 1. The predicted octanol–water partition coefficient (Wildman–Crippen LogP) is 5.67. The van der Waals surface area contributed by atoms with Crippen LogP contribution >= 0.6 is 11.3 Å². The van der Waals surface area contributed by atoms with Gasteiger partial charge in [0.05, 0.1) is 16.1 Å². The van der Waals surface area contributed by atoms with Gasteiger partial charge in [-0.25, -0.2) is 10.8 Å². The lowest BCUT2D eigenvalue weighted by Crippen LogP contribution is -2.30. The molecule has 33 heavy (non-hydrogen) atoms. The van der Waals surface area contributed by atoms with E-state index in [9.17, 15) is 18.0 Å². The third kappa shape index (κ3) is 7.03. The molecule has 0 unspecified atom stereocenters. The topological polar surface area (TPSA) is 77.2 Å². The first-order valence-corrected chi connectivity index (χ1v) is 11.5. The fraction of sp³-hybridized carbons (Fsp3) is 0.333. The lowest BCUT2D eigenvalue weighted by atomic mass is 10.1. The van der Waals surface area contributed by atoms with E-state index in [4.69, 9.17) is 15.6 Å². The molecule has 1 amide bonds. The van der Waals surface area contributed by atoms with Crippen molar-refractivity contribution < 1.29 is 22.7 Å². The van der Waals surface area contributed by atoms with E-state index in [2.05, 4.69) is 12.3 Å². The van der Waals surface area contributed by atoms with Crippen molar-refractivity contribution in [3.05, 3.63) is 70.2 Å². The van der Waals surface area contributed by atoms with Gasteiger partial charge in [0.15, 0.2) is 0 Å². The molecule has 3 rings (SSSR count). The summed E-state index contributed by atoms with van der Waals surface area (Å²) in [6, 6.07) is 12.6. The maximum Gasteiger partial charge on any atom is 0.416 e. The van der Waals surface area contributed by atoms with Crippen LogP contribution in [0.5, 0.6) is 5.75 Å². The number of hydrogen-bond acceptors (Lipinski definition) is 5. The third-order valence-electron chi connectivity index (χ3n) is 5.07. The monoisotopic (exact) mass is 477 g/mol. The Morgan fingerprint density at radius 1 is 1.15 bits per heavy atom. The number of nitrogens with zero attached hydrogens (tertiary/aromatic N) is 1. The molecule has 0 aliphatic carbocycles. The minimum Gasteiger partial charge on any atom is -0.488 e. The first kappa shape index (κ1) is 24.7. The average molecular weight is 478 g/mol. The van der Waals surface area contributed by atoms with Gasteiger partial charge in [-0.05, 0) is 49.1 Å². The number of rotatable bonds is 10. The molecule has 1 aromatic heterocycles. The molecule has 2 aromatic carbocycles. The maximum atomic E-state index is 12.9. The van der Waals surface area contributed by atoms with Gasteiger partial charge < -0.3 is 4.74 Å². The van der Waals surface area contributed by atoms with Crippen LogP contribution < -0.4 is 16.0 Å². The zero-order chi connectivity index (χ0) is 23.8. The van der Waals surface area contributed by atoms with Crippen LogP contribution in [-0.4, -0.2) is 10.9 Å². The Morgan fingerprint density at radius 3 is 2.58 bits per heavy atom. The van der Waals surface area contributed by atoms with E-state index in [1.54, 1.807) is 0 Å². The molecule has 0 atom stereocenters. The number of benzene rings is 2. The Balaban J connectivity index is 1.74. The molecular formula is C24H26F3N3O2S. The highest BCUT2D eigenvalue weighted by Gasteiger charge is 2.30. The minimum absolute atomic E-state index is 0.234. The molecule has 0 saturated heterocycles. The van der Waals surface area contributed by atoms with Crippen molar-refractivity contribution in [1.29, 1.82) is 0 Å². The molecule has 0 aliphatic rings. The Morgan fingerprint density at radius 2 is 1.91 bits per heavy atom. The quantitative estimate of drug-likeness (QED) is 0.224. The fourth-order valence-electron chi connectivity index (χ4n) is 3.23. The van der Waals surface area contributed by atoms with Gasteiger partial charge >= 0.3 is 6.18 Å². The second-order valence-electron chi connectivity index (χ2n) is 7.57. The normalized spacial score (nSPS) is 11.4.